The van der Waals surface area contributed by atoms with Gasteiger partial charge in [-0.15, -0.1) is 11.3 Å². The minimum Gasteiger partial charge on any atom is -0.492 e. The summed E-state index contributed by atoms with van der Waals surface area (Å²) in [5.41, 5.74) is 3.57. The zero-order chi connectivity index (χ0) is 18.0. The third-order valence-corrected chi connectivity index (χ3v) is 7.02. The van der Waals surface area contributed by atoms with Crippen molar-refractivity contribution < 1.29 is 14.2 Å². The van der Waals surface area contributed by atoms with E-state index in [1.54, 1.807) is 11.3 Å². The third-order valence-electron chi connectivity index (χ3n) is 5.56. The standard InChI is InChI=1S/C20H15BrN2O3S/c21-19-22-7-12(27-19)8-23-9-20(13-3-1-2-4-15(13)23)10-24-16-6-18-17(5-14(16)20)25-11-26-18/h1-7H,8-11H2. The Labute approximate surface area is 168 Å². The molecule has 6 rings (SSSR count). The van der Waals surface area contributed by atoms with Gasteiger partial charge in [0, 0.05) is 34.9 Å². The minimum atomic E-state index is -0.186. The first-order chi connectivity index (χ1) is 13.2. The Morgan fingerprint density at radius 1 is 1.07 bits per heavy atom. The second-order valence-electron chi connectivity index (χ2n) is 7.03. The number of nitrogens with zero attached hydrogens (tertiary/aromatic N) is 2. The van der Waals surface area contributed by atoms with Gasteiger partial charge in [0.2, 0.25) is 6.79 Å². The summed E-state index contributed by atoms with van der Waals surface area (Å²) in [4.78, 5) is 8.00. The summed E-state index contributed by atoms with van der Waals surface area (Å²) in [6, 6.07) is 12.7. The Bertz CT molecular complexity index is 1070. The Hall–Kier alpha value is -2.25. The number of para-hydroxylation sites is 1. The molecule has 136 valence electrons. The number of benzene rings is 2. The zero-order valence-corrected chi connectivity index (χ0v) is 16.7. The van der Waals surface area contributed by atoms with E-state index in [-0.39, 0.29) is 12.2 Å². The summed E-state index contributed by atoms with van der Waals surface area (Å²) in [7, 11) is 0. The van der Waals surface area contributed by atoms with Crippen LogP contribution in [-0.2, 0) is 12.0 Å². The Balaban J connectivity index is 1.46. The molecule has 0 N–H and O–H groups in total. The first kappa shape index (κ1) is 15.8. The van der Waals surface area contributed by atoms with Gasteiger partial charge in [-0.2, -0.15) is 0 Å². The molecule has 0 saturated heterocycles. The molecule has 7 heteroatoms. The fourth-order valence-corrected chi connectivity index (χ4v) is 5.76. The summed E-state index contributed by atoms with van der Waals surface area (Å²) < 4.78 is 18.2. The normalized spacial score (nSPS) is 21.4. The molecule has 1 aromatic heterocycles. The molecule has 5 nitrogen and oxygen atoms in total. The number of rotatable bonds is 2. The highest BCUT2D eigenvalue weighted by atomic mass is 79.9. The maximum atomic E-state index is 6.14. The highest BCUT2D eigenvalue weighted by molar-refractivity contribution is 9.11. The number of hydrogen-bond donors (Lipinski definition) is 0. The quantitative estimate of drug-likeness (QED) is 0.590. The van der Waals surface area contributed by atoms with Gasteiger partial charge in [-0.25, -0.2) is 4.98 Å². The van der Waals surface area contributed by atoms with Gasteiger partial charge >= 0.3 is 0 Å². The number of aromatic nitrogens is 1. The zero-order valence-electron chi connectivity index (χ0n) is 14.3. The van der Waals surface area contributed by atoms with Crippen molar-refractivity contribution in [3.05, 3.63) is 62.5 Å². The van der Waals surface area contributed by atoms with E-state index in [1.165, 1.54) is 21.7 Å². The minimum absolute atomic E-state index is 0.186. The summed E-state index contributed by atoms with van der Waals surface area (Å²) in [5, 5.41) is 0. The van der Waals surface area contributed by atoms with Crippen LogP contribution in [0.15, 0.2) is 46.5 Å². The van der Waals surface area contributed by atoms with E-state index in [9.17, 15) is 0 Å². The Morgan fingerprint density at radius 3 is 2.78 bits per heavy atom. The largest absolute Gasteiger partial charge is 0.492 e. The third kappa shape index (κ3) is 2.24. The van der Waals surface area contributed by atoms with Crippen LogP contribution in [-0.4, -0.2) is 24.9 Å². The van der Waals surface area contributed by atoms with Gasteiger partial charge in [0.15, 0.2) is 15.4 Å². The predicted octanol–water partition coefficient (Wildman–Crippen LogP) is 4.33. The van der Waals surface area contributed by atoms with Crippen molar-refractivity contribution in [2.45, 2.75) is 12.0 Å². The molecule has 0 fully saturated rings. The first-order valence-corrected chi connectivity index (χ1v) is 10.4. The molecule has 3 aliphatic rings. The van der Waals surface area contributed by atoms with Crippen LogP contribution in [0.4, 0.5) is 5.69 Å². The van der Waals surface area contributed by atoms with Gasteiger partial charge in [-0.1, -0.05) is 18.2 Å². The summed E-state index contributed by atoms with van der Waals surface area (Å²) in [6.45, 7) is 2.61. The van der Waals surface area contributed by atoms with Crippen LogP contribution in [0, 0.1) is 0 Å². The topological polar surface area (TPSA) is 43.8 Å². The van der Waals surface area contributed by atoms with Crippen molar-refractivity contribution in [2.75, 3.05) is 24.8 Å². The molecule has 0 amide bonds. The van der Waals surface area contributed by atoms with Gasteiger partial charge in [0.1, 0.15) is 12.4 Å². The molecule has 1 unspecified atom stereocenters. The lowest BCUT2D eigenvalue weighted by molar-refractivity contribution is 0.173. The summed E-state index contributed by atoms with van der Waals surface area (Å²) >= 11 is 5.14. The number of hydrogen-bond acceptors (Lipinski definition) is 6. The van der Waals surface area contributed by atoms with Crippen LogP contribution in [0.5, 0.6) is 17.2 Å². The fraction of sp³-hybridized carbons (Fsp3) is 0.250. The molecule has 0 aliphatic carbocycles. The lowest BCUT2D eigenvalue weighted by Gasteiger charge is -2.25. The molecule has 0 bridgehead atoms. The van der Waals surface area contributed by atoms with Crippen molar-refractivity contribution in [1.29, 1.82) is 0 Å². The summed E-state index contributed by atoms with van der Waals surface area (Å²) in [5.74, 6) is 2.47. The molecule has 3 aliphatic heterocycles. The van der Waals surface area contributed by atoms with E-state index in [0.717, 1.165) is 34.3 Å². The summed E-state index contributed by atoms with van der Waals surface area (Å²) in [6.07, 6.45) is 1.94. The van der Waals surface area contributed by atoms with Gasteiger partial charge in [-0.05, 0) is 33.6 Å². The Morgan fingerprint density at radius 2 is 1.93 bits per heavy atom. The molecule has 4 heterocycles. The molecule has 1 atom stereocenters. The molecular weight excluding hydrogens is 428 g/mol. The van der Waals surface area contributed by atoms with Gasteiger partial charge in [-0.3, -0.25) is 0 Å². The monoisotopic (exact) mass is 442 g/mol. The van der Waals surface area contributed by atoms with Gasteiger partial charge in [0.05, 0.1) is 12.0 Å². The van der Waals surface area contributed by atoms with Crippen molar-refractivity contribution in [3.8, 4) is 17.2 Å². The van der Waals surface area contributed by atoms with E-state index in [4.69, 9.17) is 14.2 Å². The maximum absolute atomic E-state index is 6.14. The average Bonchev–Trinajstić information content (AvgIpc) is 3.43. The molecule has 0 saturated carbocycles. The van der Waals surface area contributed by atoms with E-state index in [0.29, 0.717) is 6.61 Å². The lowest BCUT2D eigenvalue weighted by Crippen LogP contribution is -2.35. The molecule has 27 heavy (non-hydrogen) atoms. The van der Waals surface area contributed by atoms with Gasteiger partial charge < -0.3 is 19.1 Å². The lowest BCUT2D eigenvalue weighted by atomic mass is 9.77. The van der Waals surface area contributed by atoms with E-state index >= 15 is 0 Å². The highest BCUT2D eigenvalue weighted by Gasteiger charge is 2.50. The predicted molar refractivity (Wildman–Crippen MR) is 106 cm³/mol. The van der Waals surface area contributed by atoms with Crippen LogP contribution >= 0.6 is 27.3 Å². The second kappa shape index (κ2) is 5.62. The molecule has 3 aromatic rings. The van der Waals surface area contributed by atoms with Crippen LogP contribution in [0.3, 0.4) is 0 Å². The van der Waals surface area contributed by atoms with E-state index in [2.05, 4.69) is 56.1 Å². The first-order valence-electron chi connectivity index (χ1n) is 8.74. The van der Waals surface area contributed by atoms with Crippen LogP contribution in [0.2, 0.25) is 0 Å². The van der Waals surface area contributed by atoms with Crippen LogP contribution in [0.25, 0.3) is 0 Å². The molecule has 1 spiro atoms. The van der Waals surface area contributed by atoms with Crippen LogP contribution in [0.1, 0.15) is 16.0 Å². The van der Waals surface area contributed by atoms with Crippen LogP contribution < -0.4 is 19.1 Å². The van der Waals surface area contributed by atoms with Crippen molar-refractivity contribution in [2.24, 2.45) is 0 Å². The van der Waals surface area contributed by atoms with Gasteiger partial charge in [0.25, 0.3) is 0 Å². The SMILES string of the molecule is Brc1ncc(CN2CC3(COc4cc5c(cc43)OCO5)c3ccccc32)s1. The number of halogens is 1. The van der Waals surface area contributed by atoms with Crippen molar-refractivity contribution in [1.82, 2.24) is 4.98 Å². The van der Waals surface area contributed by atoms with E-state index in [1.807, 2.05) is 12.3 Å². The fourth-order valence-electron chi connectivity index (χ4n) is 4.39. The number of ether oxygens (including phenoxy) is 3. The average molecular weight is 443 g/mol. The number of thiazole rings is 1. The van der Waals surface area contributed by atoms with Crippen molar-refractivity contribution in [3.63, 3.8) is 0 Å². The maximum Gasteiger partial charge on any atom is 0.231 e. The smallest absolute Gasteiger partial charge is 0.231 e. The molecular formula is C20H15BrN2O3S. The van der Waals surface area contributed by atoms with E-state index < -0.39 is 0 Å². The molecule has 2 aromatic carbocycles. The number of anilines is 1. The molecule has 0 radical (unpaired) electrons. The Kier molecular flexibility index (Phi) is 3.29. The van der Waals surface area contributed by atoms with Crippen molar-refractivity contribution >= 4 is 33.0 Å². The second-order valence-corrected chi connectivity index (χ2v) is 9.42. The highest BCUT2D eigenvalue weighted by Crippen LogP contribution is 2.54. The number of fused-ring (bicyclic) bond motifs is 5.